The average Bonchev–Trinajstić information content (AvgIpc) is 3.06. The first-order chi connectivity index (χ1) is 12.3. The number of nitrogens with one attached hydrogen (secondary N) is 1. The molecular weight excluding hydrogens is 406 g/mol. The van der Waals surface area contributed by atoms with Crippen LogP contribution in [0.1, 0.15) is 35.1 Å². The summed E-state index contributed by atoms with van der Waals surface area (Å²) in [5.41, 5.74) is 0.632. The van der Waals surface area contributed by atoms with E-state index in [1.165, 1.54) is 6.07 Å². The molecule has 0 amide bonds. The van der Waals surface area contributed by atoms with E-state index in [2.05, 4.69) is 5.32 Å². The van der Waals surface area contributed by atoms with Gasteiger partial charge in [0, 0.05) is 5.92 Å². The Balaban J connectivity index is 1.91. The quantitative estimate of drug-likeness (QED) is 0.473. The molecule has 0 fully saturated rings. The largest absolute Gasteiger partial charge is 0.416 e. The summed E-state index contributed by atoms with van der Waals surface area (Å²) in [4.78, 5) is 0. The molecule has 0 unspecified atom stereocenters. The van der Waals surface area contributed by atoms with Gasteiger partial charge in [0.2, 0.25) is 0 Å². The molecule has 1 aliphatic carbocycles. The maximum Gasteiger partial charge on any atom is 0.416 e. The second kappa shape index (κ2) is 6.36. The van der Waals surface area contributed by atoms with E-state index in [0.717, 1.165) is 11.6 Å². The van der Waals surface area contributed by atoms with Gasteiger partial charge in [-0.1, -0.05) is 59.1 Å². The lowest BCUT2D eigenvalue weighted by Crippen LogP contribution is -2.31. The fourth-order valence-corrected chi connectivity index (χ4v) is 4.63. The Labute approximate surface area is 163 Å². The van der Waals surface area contributed by atoms with Crippen molar-refractivity contribution in [3.63, 3.8) is 0 Å². The number of benzene rings is 2. The van der Waals surface area contributed by atoms with Gasteiger partial charge in [0.1, 0.15) is 0 Å². The van der Waals surface area contributed by atoms with Crippen LogP contribution in [-0.2, 0) is 6.18 Å². The van der Waals surface area contributed by atoms with E-state index in [0.29, 0.717) is 22.2 Å². The molecule has 2 aliphatic rings. The molecule has 0 aromatic heterocycles. The molecule has 3 atom stereocenters. The van der Waals surface area contributed by atoms with Crippen molar-refractivity contribution in [1.82, 2.24) is 0 Å². The maximum atomic E-state index is 13.6. The van der Waals surface area contributed by atoms with E-state index >= 15 is 0 Å². The summed E-state index contributed by atoms with van der Waals surface area (Å²) in [6.45, 7) is 0. The van der Waals surface area contributed by atoms with Crippen LogP contribution in [0.15, 0.2) is 42.5 Å². The van der Waals surface area contributed by atoms with Gasteiger partial charge in [-0.05, 0) is 41.7 Å². The number of allylic oxidation sites excluding steroid dienone is 2. The lowest BCUT2D eigenvalue weighted by molar-refractivity contribution is -0.138. The second-order valence-electron chi connectivity index (χ2n) is 6.50. The van der Waals surface area contributed by atoms with Crippen LogP contribution in [0.4, 0.5) is 18.9 Å². The minimum Gasteiger partial charge on any atom is -0.376 e. The Morgan fingerprint density at radius 1 is 1.00 bits per heavy atom. The zero-order valence-corrected chi connectivity index (χ0v) is 15.5. The molecule has 136 valence electrons. The number of hydrogen-bond donors (Lipinski definition) is 1. The molecule has 1 aliphatic heterocycles. The normalized spacial score (nSPS) is 24.2. The first kappa shape index (κ1) is 18.0. The predicted octanol–water partition coefficient (Wildman–Crippen LogP) is 7.49. The third kappa shape index (κ3) is 2.79. The number of alkyl halides is 3. The van der Waals surface area contributed by atoms with Gasteiger partial charge in [0.15, 0.2) is 0 Å². The lowest BCUT2D eigenvalue weighted by atomic mass is 9.75. The van der Waals surface area contributed by atoms with Crippen LogP contribution in [0, 0.1) is 5.92 Å². The van der Waals surface area contributed by atoms with Crippen molar-refractivity contribution in [2.24, 2.45) is 5.92 Å². The van der Waals surface area contributed by atoms with Gasteiger partial charge < -0.3 is 5.32 Å². The number of hydrogen-bond acceptors (Lipinski definition) is 1. The monoisotopic (exact) mass is 417 g/mol. The lowest BCUT2D eigenvalue weighted by Gasteiger charge is -2.39. The summed E-state index contributed by atoms with van der Waals surface area (Å²) < 4.78 is 40.7. The van der Waals surface area contributed by atoms with Crippen molar-refractivity contribution in [3.8, 4) is 0 Å². The fraction of sp³-hybridized carbons (Fsp3) is 0.263. The topological polar surface area (TPSA) is 12.0 Å². The molecule has 1 heterocycles. The van der Waals surface area contributed by atoms with Gasteiger partial charge >= 0.3 is 6.18 Å². The van der Waals surface area contributed by atoms with Crippen LogP contribution in [0.3, 0.4) is 0 Å². The third-order valence-corrected chi connectivity index (χ3v) is 6.24. The van der Waals surface area contributed by atoms with Crippen molar-refractivity contribution in [3.05, 3.63) is 74.2 Å². The predicted molar refractivity (Wildman–Crippen MR) is 99.3 cm³/mol. The zero-order chi connectivity index (χ0) is 18.6. The van der Waals surface area contributed by atoms with Crippen molar-refractivity contribution in [1.29, 1.82) is 0 Å². The minimum atomic E-state index is -4.45. The van der Waals surface area contributed by atoms with Crippen molar-refractivity contribution in [2.75, 3.05) is 5.32 Å². The Hall–Kier alpha value is -1.36. The molecule has 4 rings (SSSR count). The Morgan fingerprint density at radius 2 is 1.77 bits per heavy atom. The molecule has 2 aromatic rings. The van der Waals surface area contributed by atoms with Gasteiger partial charge in [-0.2, -0.15) is 13.2 Å². The molecule has 0 saturated carbocycles. The van der Waals surface area contributed by atoms with Crippen molar-refractivity contribution in [2.45, 2.75) is 24.6 Å². The molecule has 0 spiro atoms. The van der Waals surface area contributed by atoms with E-state index in [1.807, 2.05) is 18.2 Å². The first-order valence-electron chi connectivity index (χ1n) is 8.05. The standard InChI is InChI=1S/C19H13Cl3F3N/c20-13-6-2-5-11(16(13)22)17-10-4-1-3-9(10)15-12(19(23,24)25)7-8-14(21)18(15)26-17/h1-3,5-10,17,26H,4H2/t9-,10+,17-/m1/s1. The minimum absolute atomic E-state index is 0.0990. The van der Waals surface area contributed by atoms with E-state index in [1.54, 1.807) is 12.1 Å². The summed E-state index contributed by atoms with van der Waals surface area (Å²) >= 11 is 18.8. The van der Waals surface area contributed by atoms with Gasteiger partial charge in [-0.25, -0.2) is 0 Å². The number of fused-ring (bicyclic) bond motifs is 3. The molecule has 0 saturated heterocycles. The first-order valence-corrected chi connectivity index (χ1v) is 9.19. The highest BCUT2D eigenvalue weighted by Gasteiger charge is 2.45. The maximum absolute atomic E-state index is 13.6. The fourth-order valence-electron chi connectivity index (χ4n) is 3.99. The average molecular weight is 419 g/mol. The SMILES string of the molecule is FC(F)(F)c1ccc(Cl)c2c1[C@@H]1C=CC[C@@H]1[C@H](c1cccc(Cl)c1Cl)N2. The molecule has 1 nitrogen and oxygen atoms in total. The Morgan fingerprint density at radius 3 is 2.50 bits per heavy atom. The summed E-state index contributed by atoms with van der Waals surface area (Å²) in [5, 5.41) is 4.30. The van der Waals surface area contributed by atoms with Crippen LogP contribution in [0.5, 0.6) is 0 Å². The zero-order valence-electron chi connectivity index (χ0n) is 13.2. The van der Waals surface area contributed by atoms with Crippen LogP contribution in [-0.4, -0.2) is 0 Å². The highest BCUT2D eigenvalue weighted by atomic mass is 35.5. The van der Waals surface area contributed by atoms with E-state index in [9.17, 15) is 13.2 Å². The second-order valence-corrected chi connectivity index (χ2v) is 7.69. The molecule has 26 heavy (non-hydrogen) atoms. The van der Waals surface area contributed by atoms with Crippen LogP contribution in [0.2, 0.25) is 15.1 Å². The molecule has 0 bridgehead atoms. The number of anilines is 1. The molecule has 0 radical (unpaired) electrons. The highest BCUT2D eigenvalue weighted by molar-refractivity contribution is 6.42. The van der Waals surface area contributed by atoms with Crippen LogP contribution >= 0.6 is 34.8 Å². The number of halogens is 6. The smallest absolute Gasteiger partial charge is 0.376 e. The van der Waals surface area contributed by atoms with E-state index in [-0.39, 0.29) is 28.5 Å². The molecule has 7 heteroatoms. The Kier molecular flexibility index (Phi) is 4.41. The summed E-state index contributed by atoms with van der Waals surface area (Å²) in [6.07, 6.45) is -0.0493. The summed E-state index contributed by atoms with van der Waals surface area (Å²) in [5.74, 6) is -0.486. The van der Waals surface area contributed by atoms with Crippen LogP contribution < -0.4 is 5.32 Å². The van der Waals surface area contributed by atoms with E-state index < -0.39 is 11.7 Å². The van der Waals surface area contributed by atoms with Gasteiger partial charge in [-0.3, -0.25) is 0 Å². The summed E-state index contributed by atoms with van der Waals surface area (Å²) in [6, 6.07) is 7.36. The van der Waals surface area contributed by atoms with Crippen LogP contribution in [0.25, 0.3) is 0 Å². The van der Waals surface area contributed by atoms with Crippen molar-refractivity contribution >= 4 is 40.5 Å². The molecule has 2 aromatic carbocycles. The van der Waals surface area contributed by atoms with Crippen molar-refractivity contribution < 1.29 is 13.2 Å². The Bertz CT molecular complexity index is 908. The van der Waals surface area contributed by atoms with E-state index in [4.69, 9.17) is 34.8 Å². The van der Waals surface area contributed by atoms with Gasteiger partial charge in [0.05, 0.1) is 32.4 Å². The van der Waals surface area contributed by atoms with Gasteiger partial charge in [-0.15, -0.1) is 0 Å². The molecule has 1 N–H and O–H groups in total. The third-order valence-electron chi connectivity index (χ3n) is 5.09. The summed E-state index contributed by atoms with van der Waals surface area (Å²) in [7, 11) is 0. The van der Waals surface area contributed by atoms with Gasteiger partial charge in [0.25, 0.3) is 0 Å². The number of rotatable bonds is 1. The molecular formula is C19H13Cl3F3N. The highest BCUT2D eigenvalue weighted by Crippen LogP contribution is 2.55.